The SMILES string of the molecule is COc1cc2sc(C(=O)Nc3nn[nH]n3)c(OC[C@@H](C)c3ccccc3)c2cc1OC. The third-order valence-corrected chi connectivity index (χ3v) is 5.90. The van der Waals surface area contributed by atoms with Gasteiger partial charge in [0.1, 0.15) is 4.88 Å². The van der Waals surface area contributed by atoms with Crippen molar-refractivity contribution >= 4 is 33.3 Å². The average Bonchev–Trinajstić information content (AvgIpc) is 3.44. The van der Waals surface area contributed by atoms with Crippen molar-refractivity contribution in [3.63, 3.8) is 0 Å². The number of methoxy groups -OCH3 is 2. The maximum absolute atomic E-state index is 13.0. The number of tetrazole rings is 1. The highest BCUT2D eigenvalue weighted by atomic mass is 32.1. The Morgan fingerprint density at radius 2 is 1.90 bits per heavy atom. The second-order valence-corrected chi connectivity index (χ2v) is 7.83. The molecule has 0 unspecified atom stereocenters. The minimum atomic E-state index is -0.386. The van der Waals surface area contributed by atoms with Gasteiger partial charge in [0.05, 0.1) is 20.8 Å². The van der Waals surface area contributed by atoms with Crippen LogP contribution in [0.4, 0.5) is 5.95 Å². The molecule has 2 aromatic heterocycles. The van der Waals surface area contributed by atoms with E-state index in [-0.39, 0.29) is 17.8 Å². The molecular formula is C21H21N5O4S. The number of nitrogens with zero attached hydrogens (tertiary/aromatic N) is 3. The van der Waals surface area contributed by atoms with Crippen LogP contribution in [-0.4, -0.2) is 47.4 Å². The van der Waals surface area contributed by atoms with Gasteiger partial charge in [0.2, 0.25) is 0 Å². The third kappa shape index (κ3) is 4.29. The molecule has 10 heteroatoms. The van der Waals surface area contributed by atoms with E-state index in [1.807, 2.05) is 30.3 Å². The number of fused-ring (bicyclic) bond motifs is 1. The molecule has 2 aromatic carbocycles. The molecule has 0 radical (unpaired) electrons. The standard InChI is InChI=1S/C21H21N5O4S/c1-12(13-7-5-4-6-8-13)11-30-18-14-9-15(28-2)16(29-3)10-17(14)31-19(18)20(27)22-21-23-25-26-24-21/h4-10,12H,11H2,1-3H3,(H2,22,23,24,25,26,27)/t12-/m1/s1. The number of aromatic amines is 1. The van der Waals surface area contributed by atoms with Gasteiger partial charge in [-0.2, -0.15) is 5.21 Å². The van der Waals surface area contributed by atoms with Crippen molar-refractivity contribution in [1.82, 2.24) is 20.6 Å². The zero-order valence-electron chi connectivity index (χ0n) is 17.2. The van der Waals surface area contributed by atoms with Crippen LogP contribution in [-0.2, 0) is 0 Å². The smallest absolute Gasteiger partial charge is 0.272 e. The summed E-state index contributed by atoms with van der Waals surface area (Å²) in [6.45, 7) is 2.47. The van der Waals surface area contributed by atoms with E-state index in [1.165, 1.54) is 11.3 Å². The Hall–Kier alpha value is -3.66. The molecule has 31 heavy (non-hydrogen) atoms. The first-order valence-corrected chi connectivity index (χ1v) is 10.3. The molecule has 0 fully saturated rings. The molecule has 0 bridgehead atoms. The van der Waals surface area contributed by atoms with E-state index in [9.17, 15) is 4.79 Å². The number of amides is 1. The first-order valence-electron chi connectivity index (χ1n) is 9.51. The van der Waals surface area contributed by atoms with Crippen LogP contribution in [0.15, 0.2) is 42.5 Å². The Kier molecular flexibility index (Phi) is 5.99. The lowest BCUT2D eigenvalue weighted by atomic mass is 10.0. The van der Waals surface area contributed by atoms with Crippen LogP contribution in [0.5, 0.6) is 17.2 Å². The highest BCUT2D eigenvalue weighted by molar-refractivity contribution is 7.21. The summed E-state index contributed by atoms with van der Waals surface area (Å²) in [7, 11) is 3.14. The predicted molar refractivity (Wildman–Crippen MR) is 117 cm³/mol. The summed E-state index contributed by atoms with van der Waals surface area (Å²) in [5.74, 6) is 1.43. The van der Waals surface area contributed by atoms with Crippen molar-refractivity contribution in [3.05, 3.63) is 52.9 Å². The van der Waals surface area contributed by atoms with Gasteiger partial charge < -0.3 is 14.2 Å². The number of benzene rings is 2. The van der Waals surface area contributed by atoms with Gasteiger partial charge in [0, 0.05) is 22.1 Å². The van der Waals surface area contributed by atoms with Crippen molar-refractivity contribution in [2.24, 2.45) is 0 Å². The topological polar surface area (TPSA) is 111 Å². The van der Waals surface area contributed by atoms with E-state index >= 15 is 0 Å². The highest BCUT2D eigenvalue weighted by Crippen LogP contribution is 2.44. The van der Waals surface area contributed by atoms with Gasteiger partial charge in [0.25, 0.3) is 11.9 Å². The molecule has 160 valence electrons. The third-order valence-electron chi connectivity index (χ3n) is 4.77. The molecule has 4 rings (SSSR count). The molecule has 9 nitrogen and oxygen atoms in total. The zero-order valence-corrected chi connectivity index (χ0v) is 18.0. The van der Waals surface area contributed by atoms with Crippen LogP contribution in [0.3, 0.4) is 0 Å². The molecular weight excluding hydrogens is 418 g/mol. The normalized spacial score (nSPS) is 11.8. The van der Waals surface area contributed by atoms with Crippen LogP contribution >= 0.6 is 11.3 Å². The van der Waals surface area contributed by atoms with Crippen molar-refractivity contribution in [2.75, 3.05) is 26.1 Å². The molecule has 0 saturated carbocycles. The Morgan fingerprint density at radius 1 is 1.16 bits per heavy atom. The molecule has 1 atom stereocenters. The number of thiophene rings is 1. The highest BCUT2D eigenvalue weighted by Gasteiger charge is 2.24. The quantitative estimate of drug-likeness (QED) is 0.429. The lowest BCUT2D eigenvalue weighted by Gasteiger charge is -2.14. The first kappa shape index (κ1) is 20.6. The van der Waals surface area contributed by atoms with E-state index in [1.54, 1.807) is 14.2 Å². The Balaban J connectivity index is 1.71. The van der Waals surface area contributed by atoms with Crippen LogP contribution in [0, 0.1) is 0 Å². The van der Waals surface area contributed by atoms with E-state index in [2.05, 4.69) is 45.0 Å². The summed E-state index contributed by atoms with van der Waals surface area (Å²) in [6.07, 6.45) is 0. The number of H-pyrrole nitrogens is 1. The van der Waals surface area contributed by atoms with E-state index in [0.29, 0.717) is 28.7 Å². The summed E-state index contributed by atoms with van der Waals surface area (Å²) in [4.78, 5) is 13.4. The predicted octanol–water partition coefficient (Wildman–Crippen LogP) is 3.87. The number of hydrogen-bond acceptors (Lipinski definition) is 8. The molecule has 4 aromatic rings. The molecule has 0 aliphatic carbocycles. The molecule has 1 amide bonds. The largest absolute Gasteiger partial charge is 0.493 e. The van der Waals surface area contributed by atoms with Crippen molar-refractivity contribution < 1.29 is 19.0 Å². The van der Waals surface area contributed by atoms with Crippen molar-refractivity contribution in [1.29, 1.82) is 0 Å². The number of aromatic nitrogens is 4. The Morgan fingerprint density at radius 3 is 2.58 bits per heavy atom. The number of nitrogens with one attached hydrogen (secondary N) is 2. The number of anilines is 1. The molecule has 0 aliphatic heterocycles. The number of hydrogen-bond donors (Lipinski definition) is 2. The summed E-state index contributed by atoms with van der Waals surface area (Å²) < 4.78 is 17.9. The van der Waals surface area contributed by atoms with Gasteiger partial charge in [-0.15, -0.1) is 16.4 Å². The first-order chi connectivity index (χ1) is 15.1. The second-order valence-electron chi connectivity index (χ2n) is 6.78. The Labute approximate surface area is 182 Å². The number of ether oxygens (including phenoxy) is 3. The number of carbonyl (C=O) groups excluding carboxylic acids is 1. The minimum absolute atomic E-state index is 0.0845. The fourth-order valence-electron chi connectivity index (χ4n) is 3.15. The van der Waals surface area contributed by atoms with Gasteiger partial charge in [0.15, 0.2) is 17.2 Å². The van der Waals surface area contributed by atoms with Crippen molar-refractivity contribution in [2.45, 2.75) is 12.8 Å². The van der Waals surface area contributed by atoms with Gasteiger partial charge in [-0.1, -0.05) is 42.4 Å². The van der Waals surface area contributed by atoms with E-state index in [4.69, 9.17) is 14.2 Å². The van der Waals surface area contributed by atoms with Crippen LogP contribution in [0.2, 0.25) is 0 Å². The van der Waals surface area contributed by atoms with Crippen molar-refractivity contribution in [3.8, 4) is 17.2 Å². The fourth-order valence-corrected chi connectivity index (χ4v) is 4.21. The molecule has 0 aliphatic rings. The number of rotatable bonds is 8. The summed E-state index contributed by atoms with van der Waals surface area (Å²) >= 11 is 1.29. The van der Waals surface area contributed by atoms with Gasteiger partial charge in [-0.3, -0.25) is 10.1 Å². The number of carbonyl (C=O) groups is 1. The summed E-state index contributed by atoms with van der Waals surface area (Å²) in [5.41, 5.74) is 1.15. The van der Waals surface area contributed by atoms with Gasteiger partial charge >= 0.3 is 0 Å². The lowest BCUT2D eigenvalue weighted by molar-refractivity contribution is 0.102. The second kappa shape index (κ2) is 9.00. The van der Waals surface area contributed by atoms with Crippen LogP contribution < -0.4 is 19.5 Å². The summed E-state index contributed by atoms with van der Waals surface area (Å²) in [6, 6.07) is 13.7. The van der Waals surface area contributed by atoms with E-state index in [0.717, 1.165) is 15.6 Å². The molecule has 2 heterocycles. The Bertz CT molecular complexity index is 1180. The van der Waals surface area contributed by atoms with E-state index < -0.39 is 0 Å². The summed E-state index contributed by atoms with van der Waals surface area (Å²) in [5, 5.41) is 16.7. The van der Waals surface area contributed by atoms with Crippen LogP contribution in [0.1, 0.15) is 28.1 Å². The lowest BCUT2D eigenvalue weighted by Crippen LogP contribution is -2.14. The maximum Gasteiger partial charge on any atom is 0.272 e. The fraction of sp³-hybridized carbons (Fsp3) is 0.238. The molecule has 0 saturated heterocycles. The average molecular weight is 439 g/mol. The monoisotopic (exact) mass is 439 g/mol. The zero-order chi connectivity index (χ0) is 21.8. The molecule has 2 N–H and O–H groups in total. The van der Waals surface area contributed by atoms with Gasteiger partial charge in [-0.05, 0) is 16.8 Å². The van der Waals surface area contributed by atoms with Gasteiger partial charge in [-0.25, -0.2) is 0 Å². The maximum atomic E-state index is 13.0. The molecule has 0 spiro atoms. The van der Waals surface area contributed by atoms with Crippen LogP contribution in [0.25, 0.3) is 10.1 Å². The minimum Gasteiger partial charge on any atom is -0.493 e.